The van der Waals surface area contributed by atoms with Crippen molar-refractivity contribution in [3.8, 4) is 44.5 Å². The van der Waals surface area contributed by atoms with Crippen LogP contribution in [0.2, 0.25) is 0 Å². The van der Waals surface area contributed by atoms with Crippen molar-refractivity contribution in [1.82, 2.24) is 0 Å². The van der Waals surface area contributed by atoms with Crippen LogP contribution >= 0.6 is 11.3 Å². The van der Waals surface area contributed by atoms with Gasteiger partial charge in [0, 0.05) is 42.5 Å². The highest BCUT2D eigenvalue weighted by Gasteiger charge is 2.53. The summed E-state index contributed by atoms with van der Waals surface area (Å²) in [5, 5.41) is 2.58. The molecule has 0 saturated heterocycles. The van der Waals surface area contributed by atoms with Crippen molar-refractivity contribution in [3.05, 3.63) is 234 Å². The van der Waals surface area contributed by atoms with E-state index in [1.54, 1.807) is 0 Å². The molecule has 0 N–H and O–H groups in total. The van der Waals surface area contributed by atoms with Crippen molar-refractivity contribution in [2.45, 2.75) is 24.7 Å². The van der Waals surface area contributed by atoms with Crippen LogP contribution in [0.25, 0.3) is 64.7 Å². The second kappa shape index (κ2) is 12.3. The van der Waals surface area contributed by atoms with Crippen LogP contribution in [0.5, 0.6) is 0 Å². The minimum absolute atomic E-state index is 0.147. The van der Waals surface area contributed by atoms with E-state index in [-0.39, 0.29) is 5.41 Å². The molecule has 0 amide bonds. The Morgan fingerprint density at radius 3 is 1.62 bits per heavy atom. The number of hydrogen-bond donors (Lipinski definition) is 0. The Hall–Kier alpha value is -7.00. The normalized spacial score (nSPS) is 14.4. The first kappa shape index (κ1) is 33.9. The van der Waals surface area contributed by atoms with Gasteiger partial charge in [-0.3, -0.25) is 0 Å². The Labute approximate surface area is 354 Å². The molecule has 0 atom stereocenters. The van der Waals surface area contributed by atoms with E-state index >= 15 is 0 Å². The molecule has 3 aliphatic carbocycles. The Morgan fingerprint density at radius 1 is 0.383 bits per heavy atom. The van der Waals surface area contributed by atoms with Gasteiger partial charge < -0.3 is 4.90 Å². The van der Waals surface area contributed by atoms with Crippen LogP contribution in [0.3, 0.4) is 0 Å². The standard InChI is InChI=1S/C58H39NS/c1-57(2)46-25-13-9-21-40(46)43-31-30-39(34-50(43)57)59(38-19-7-4-8-20-38)56-54-44-24-12-16-28-49(44)58(47-26-14-10-22-41(47)42-23-11-15-27-48(42)58)51(54)35-53-55(56)45-33-37(29-32-52(45)60-53)36-17-5-3-6-18-36/h3-35H,1-2H3. The van der Waals surface area contributed by atoms with Crippen LogP contribution < -0.4 is 4.90 Å². The Kier molecular flexibility index (Phi) is 6.94. The van der Waals surface area contributed by atoms with Gasteiger partial charge in [-0.15, -0.1) is 11.3 Å². The molecular formula is C58H39NS. The molecule has 9 aromatic carbocycles. The number of hydrogen-bond acceptors (Lipinski definition) is 2. The third-order valence-electron chi connectivity index (χ3n) is 13.9. The molecule has 3 aliphatic rings. The predicted octanol–water partition coefficient (Wildman–Crippen LogP) is 15.8. The molecule has 0 bridgehead atoms. The van der Waals surface area contributed by atoms with Gasteiger partial charge in [0.2, 0.25) is 0 Å². The fraction of sp³-hybridized carbons (Fsp3) is 0.0690. The van der Waals surface area contributed by atoms with Crippen LogP contribution in [-0.2, 0) is 10.8 Å². The molecule has 0 unspecified atom stereocenters. The van der Waals surface area contributed by atoms with E-state index in [1.807, 2.05) is 11.3 Å². The molecule has 60 heavy (non-hydrogen) atoms. The minimum atomic E-state index is -0.475. The SMILES string of the molecule is CC1(C)c2ccccc2-c2ccc(N(c3ccccc3)c3c4c(cc5sc6ccc(-c7ccccc7)cc6c35)C3(c5ccccc5-c5ccccc53)c3ccccc3-4)cc21. The molecule has 0 aliphatic heterocycles. The van der Waals surface area contributed by atoms with Crippen LogP contribution in [-0.4, -0.2) is 0 Å². The van der Waals surface area contributed by atoms with E-state index in [0.29, 0.717) is 0 Å². The third-order valence-corrected chi connectivity index (χ3v) is 15.0. The first-order chi connectivity index (χ1) is 29.5. The third kappa shape index (κ3) is 4.36. The number of rotatable bonds is 4. The highest BCUT2D eigenvalue weighted by Crippen LogP contribution is 2.66. The quantitative estimate of drug-likeness (QED) is 0.172. The van der Waals surface area contributed by atoms with E-state index in [0.717, 1.165) is 5.69 Å². The zero-order valence-corrected chi connectivity index (χ0v) is 34.2. The van der Waals surface area contributed by atoms with Gasteiger partial charge in [-0.1, -0.05) is 172 Å². The first-order valence-electron chi connectivity index (χ1n) is 21.0. The van der Waals surface area contributed by atoms with Crippen molar-refractivity contribution >= 4 is 48.6 Å². The molecule has 1 nitrogen and oxygen atoms in total. The number of anilines is 3. The highest BCUT2D eigenvalue weighted by molar-refractivity contribution is 7.26. The minimum Gasteiger partial charge on any atom is -0.309 e. The summed E-state index contributed by atoms with van der Waals surface area (Å²) in [5.74, 6) is 0. The fourth-order valence-corrected chi connectivity index (χ4v) is 12.5. The summed E-state index contributed by atoms with van der Waals surface area (Å²) < 4.78 is 2.59. The van der Waals surface area contributed by atoms with Gasteiger partial charge >= 0.3 is 0 Å². The molecule has 13 rings (SSSR count). The Bertz CT molecular complexity index is 3360. The highest BCUT2D eigenvalue weighted by atomic mass is 32.1. The van der Waals surface area contributed by atoms with Crippen molar-refractivity contribution in [1.29, 1.82) is 0 Å². The number of thiophene rings is 1. The maximum Gasteiger partial charge on any atom is 0.0726 e. The van der Waals surface area contributed by atoms with Crippen LogP contribution in [0, 0.1) is 0 Å². The predicted molar refractivity (Wildman–Crippen MR) is 253 cm³/mol. The fourth-order valence-electron chi connectivity index (χ4n) is 11.3. The van der Waals surface area contributed by atoms with Gasteiger partial charge in [-0.2, -0.15) is 0 Å². The van der Waals surface area contributed by atoms with Gasteiger partial charge in [0.15, 0.2) is 0 Å². The van der Waals surface area contributed by atoms with E-state index in [9.17, 15) is 0 Å². The van der Waals surface area contributed by atoms with E-state index in [2.05, 4.69) is 219 Å². The molecule has 2 heteroatoms. The Morgan fingerprint density at radius 2 is 0.933 bits per heavy atom. The molecule has 0 fully saturated rings. The average Bonchev–Trinajstić information content (AvgIpc) is 3.99. The molecule has 10 aromatic rings. The van der Waals surface area contributed by atoms with Crippen LogP contribution in [0.15, 0.2) is 200 Å². The second-order valence-electron chi connectivity index (χ2n) is 17.2. The monoisotopic (exact) mass is 781 g/mol. The van der Waals surface area contributed by atoms with E-state index in [4.69, 9.17) is 0 Å². The van der Waals surface area contributed by atoms with Crippen molar-refractivity contribution in [3.63, 3.8) is 0 Å². The summed E-state index contributed by atoms with van der Waals surface area (Å²) >= 11 is 1.92. The zero-order valence-electron chi connectivity index (χ0n) is 33.4. The summed E-state index contributed by atoms with van der Waals surface area (Å²) in [4.78, 5) is 2.60. The van der Waals surface area contributed by atoms with Gasteiger partial charge in [0.1, 0.15) is 0 Å². The molecule has 1 heterocycles. The van der Waals surface area contributed by atoms with Crippen molar-refractivity contribution in [2.75, 3.05) is 4.90 Å². The molecular weight excluding hydrogens is 743 g/mol. The maximum atomic E-state index is 2.60. The van der Waals surface area contributed by atoms with Gasteiger partial charge in [0.05, 0.1) is 11.1 Å². The zero-order chi connectivity index (χ0) is 39.7. The molecule has 0 saturated carbocycles. The molecule has 0 radical (unpaired) electrons. The summed E-state index contributed by atoms with van der Waals surface area (Å²) in [6.07, 6.45) is 0. The maximum absolute atomic E-state index is 2.60. The summed E-state index contributed by atoms with van der Waals surface area (Å²) in [5.41, 5.74) is 21.5. The lowest BCUT2D eigenvalue weighted by atomic mass is 9.70. The van der Waals surface area contributed by atoms with Gasteiger partial charge in [0.25, 0.3) is 0 Å². The van der Waals surface area contributed by atoms with Crippen LogP contribution in [0.1, 0.15) is 47.2 Å². The summed E-state index contributed by atoms with van der Waals surface area (Å²) in [7, 11) is 0. The summed E-state index contributed by atoms with van der Waals surface area (Å²) in [6.45, 7) is 4.78. The smallest absolute Gasteiger partial charge is 0.0726 e. The molecule has 282 valence electrons. The largest absolute Gasteiger partial charge is 0.309 e. The van der Waals surface area contributed by atoms with Crippen molar-refractivity contribution in [2.24, 2.45) is 0 Å². The lowest BCUT2D eigenvalue weighted by molar-refractivity contribution is 0.660. The second-order valence-corrected chi connectivity index (χ2v) is 18.2. The average molecular weight is 782 g/mol. The number of nitrogens with zero attached hydrogens (tertiary/aromatic N) is 1. The number of fused-ring (bicyclic) bond motifs is 16. The Balaban J connectivity index is 1.21. The van der Waals surface area contributed by atoms with Crippen LogP contribution in [0.4, 0.5) is 17.1 Å². The van der Waals surface area contributed by atoms with Crippen molar-refractivity contribution < 1.29 is 0 Å². The van der Waals surface area contributed by atoms with Gasteiger partial charge in [-0.05, 0) is 115 Å². The van der Waals surface area contributed by atoms with E-state index < -0.39 is 5.41 Å². The number of para-hydroxylation sites is 1. The topological polar surface area (TPSA) is 3.24 Å². The van der Waals surface area contributed by atoms with Gasteiger partial charge in [-0.25, -0.2) is 0 Å². The lowest BCUT2D eigenvalue weighted by Crippen LogP contribution is -2.26. The number of benzene rings is 9. The molecule has 1 spiro atoms. The lowest BCUT2D eigenvalue weighted by Gasteiger charge is -2.33. The molecule has 1 aromatic heterocycles. The summed E-state index contributed by atoms with van der Waals surface area (Å²) in [6, 6.07) is 75.4. The van der Waals surface area contributed by atoms with E-state index in [1.165, 1.54) is 109 Å². The first-order valence-corrected chi connectivity index (χ1v) is 21.8.